The molecule has 0 atom stereocenters. The molecule has 0 aliphatic rings. The molecule has 0 radical (unpaired) electrons. The van der Waals surface area contributed by atoms with E-state index in [2.05, 4.69) is 16.5 Å². The number of hydrogen-bond donors (Lipinski definition) is 2. The van der Waals surface area contributed by atoms with Crippen molar-refractivity contribution in [2.45, 2.75) is 24.7 Å². The summed E-state index contributed by atoms with van der Waals surface area (Å²) in [6.07, 6.45) is 1.97. The number of nitrogens with two attached hydrogens (primary N) is 1. The van der Waals surface area contributed by atoms with Crippen LogP contribution in [-0.4, -0.2) is 35.1 Å². The van der Waals surface area contributed by atoms with E-state index in [0.717, 1.165) is 31.6 Å². The minimum Gasteiger partial charge on any atom is -0.371 e. The number of nitrogens with zero attached hydrogens (tertiary/aromatic N) is 1. The Hall–Kier alpha value is -1.11. The van der Waals surface area contributed by atoms with Crippen molar-refractivity contribution in [3.05, 3.63) is 24.3 Å². The maximum atomic E-state index is 11.6. The fourth-order valence-electron chi connectivity index (χ4n) is 1.88. The van der Waals surface area contributed by atoms with Crippen molar-refractivity contribution in [1.29, 1.82) is 0 Å². The van der Waals surface area contributed by atoms with Gasteiger partial charge in [-0.05, 0) is 50.7 Å². The molecule has 0 aliphatic carbocycles. The van der Waals surface area contributed by atoms with E-state index in [1.54, 1.807) is 12.1 Å². The van der Waals surface area contributed by atoms with Crippen LogP contribution < -0.4 is 15.4 Å². The highest BCUT2D eigenvalue weighted by Gasteiger charge is 2.12. The zero-order valence-corrected chi connectivity index (χ0v) is 12.4. The molecule has 0 saturated carbocycles. The lowest BCUT2D eigenvalue weighted by atomic mass is 10.2. The highest BCUT2D eigenvalue weighted by molar-refractivity contribution is 7.89. The molecule has 0 heterocycles. The van der Waals surface area contributed by atoms with Gasteiger partial charge in [-0.25, -0.2) is 13.1 Å². The van der Waals surface area contributed by atoms with Crippen LogP contribution in [0.25, 0.3) is 0 Å². The first-order valence-corrected chi connectivity index (χ1v) is 8.02. The summed E-state index contributed by atoms with van der Waals surface area (Å²) in [6.45, 7) is 4.61. The zero-order valence-electron chi connectivity index (χ0n) is 11.6. The Bertz CT molecular complexity index is 471. The van der Waals surface area contributed by atoms with E-state index in [4.69, 9.17) is 5.73 Å². The molecule has 0 bridgehead atoms. The first-order chi connectivity index (χ1) is 9.05. The highest BCUT2D eigenvalue weighted by Crippen LogP contribution is 2.18. The van der Waals surface area contributed by atoms with Crippen LogP contribution in [0.4, 0.5) is 5.69 Å². The van der Waals surface area contributed by atoms with E-state index >= 15 is 0 Å². The molecular weight excluding hydrogens is 262 g/mol. The number of anilines is 1. The van der Waals surface area contributed by atoms with Gasteiger partial charge < -0.3 is 10.6 Å². The van der Waals surface area contributed by atoms with Crippen LogP contribution in [0.5, 0.6) is 0 Å². The van der Waals surface area contributed by atoms with Crippen molar-refractivity contribution in [3.8, 4) is 0 Å². The maximum Gasteiger partial charge on any atom is 0.240 e. The van der Waals surface area contributed by atoms with Gasteiger partial charge in [0.15, 0.2) is 0 Å². The number of nitrogens with one attached hydrogen (secondary N) is 1. The summed E-state index contributed by atoms with van der Waals surface area (Å²) in [5.41, 5.74) is 6.57. The Morgan fingerprint density at radius 1 is 1.21 bits per heavy atom. The molecule has 6 heteroatoms. The van der Waals surface area contributed by atoms with Gasteiger partial charge in [-0.15, -0.1) is 0 Å². The van der Waals surface area contributed by atoms with Crippen LogP contribution in [0.1, 0.15) is 19.8 Å². The van der Waals surface area contributed by atoms with Gasteiger partial charge in [0.1, 0.15) is 0 Å². The Morgan fingerprint density at radius 2 is 1.84 bits per heavy atom. The van der Waals surface area contributed by atoms with Gasteiger partial charge in [-0.1, -0.05) is 6.92 Å². The summed E-state index contributed by atoms with van der Waals surface area (Å²) in [4.78, 5) is 2.51. The molecule has 0 aliphatic heterocycles. The monoisotopic (exact) mass is 285 g/mol. The Kier molecular flexibility index (Phi) is 6.27. The molecule has 0 spiro atoms. The SMILES string of the molecule is CCCN(CCCN)c1ccc(S(=O)(=O)NC)cc1. The lowest BCUT2D eigenvalue weighted by Crippen LogP contribution is -2.27. The fraction of sp³-hybridized carbons (Fsp3) is 0.538. The minimum absolute atomic E-state index is 0.286. The predicted octanol–water partition coefficient (Wildman–Crippen LogP) is 1.16. The van der Waals surface area contributed by atoms with Crippen LogP contribution in [0.3, 0.4) is 0 Å². The third kappa shape index (κ3) is 4.49. The van der Waals surface area contributed by atoms with Crippen molar-refractivity contribution >= 4 is 15.7 Å². The first-order valence-electron chi connectivity index (χ1n) is 6.53. The quantitative estimate of drug-likeness (QED) is 0.751. The summed E-state index contributed by atoms with van der Waals surface area (Å²) in [7, 11) is -1.95. The molecule has 1 aromatic carbocycles. The summed E-state index contributed by atoms with van der Waals surface area (Å²) < 4.78 is 25.6. The molecule has 108 valence electrons. The van der Waals surface area contributed by atoms with Crippen molar-refractivity contribution in [3.63, 3.8) is 0 Å². The average Bonchev–Trinajstić information content (AvgIpc) is 2.43. The van der Waals surface area contributed by atoms with Gasteiger partial charge in [-0.2, -0.15) is 0 Å². The maximum absolute atomic E-state index is 11.6. The third-order valence-electron chi connectivity index (χ3n) is 2.91. The molecule has 1 aromatic rings. The summed E-state index contributed by atoms with van der Waals surface area (Å²) in [6, 6.07) is 6.95. The average molecular weight is 285 g/mol. The van der Waals surface area contributed by atoms with E-state index < -0.39 is 10.0 Å². The number of sulfonamides is 1. The molecule has 3 N–H and O–H groups in total. The van der Waals surface area contributed by atoms with Crippen LogP contribution in [-0.2, 0) is 10.0 Å². The molecular formula is C13H23N3O2S. The Balaban J connectivity index is 2.88. The molecule has 0 amide bonds. The van der Waals surface area contributed by atoms with Crippen LogP contribution in [0.15, 0.2) is 29.2 Å². The van der Waals surface area contributed by atoms with Gasteiger partial charge in [-0.3, -0.25) is 0 Å². The molecule has 0 fully saturated rings. The van der Waals surface area contributed by atoms with Crippen molar-refractivity contribution in [2.75, 3.05) is 31.6 Å². The normalized spacial score (nSPS) is 11.5. The van der Waals surface area contributed by atoms with Crippen molar-refractivity contribution in [2.24, 2.45) is 5.73 Å². The Labute approximate surface area is 115 Å². The van der Waals surface area contributed by atoms with Gasteiger partial charge in [0, 0.05) is 18.8 Å². The number of hydrogen-bond acceptors (Lipinski definition) is 4. The molecule has 5 nitrogen and oxygen atoms in total. The third-order valence-corrected chi connectivity index (χ3v) is 4.34. The lowest BCUT2D eigenvalue weighted by Gasteiger charge is -2.24. The second-order valence-electron chi connectivity index (χ2n) is 4.33. The molecule has 1 rings (SSSR count). The van der Waals surface area contributed by atoms with Crippen LogP contribution >= 0.6 is 0 Å². The number of rotatable bonds is 8. The summed E-state index contributed by atoms with van der Waals surface area (Å²) >= 11 is 0. The minimum atomic E-state index is -3.36. The molecule has 19 heavy (non-hydrogen) atoms. The standard InChI is InChI=1S/C13H23N3O2S/c1-3-10-16(11-4-9-14)12-5-7-13(8-6-12)19(17,18)15-2/h5-8,15H,3-4,9-11,14H2,1-2H3. The first kappa shape index (κ1) is 15.9. The lowest BCUT2D eigenvalue weighted by molar-refractivity contribution is 0.588. The fourth-order valence-corrected chi connectivity index (χ4v) is 2.61. The van der Waals surface area contributed by atoms with E-state index in [0.29, 0.717) is 6.54 Å². The van der Waals surface area contributed by atoms with Gasteiger partial charge in [0.2, 0.25) is 10.0 Å². The largest absolute Gasteiger partial charge is 0.371 e. The smallest absolute Gasteiger partial charge is 0.240 e. The van der Waals surface area contributed by atoms with Crippen LogP contribution in [0, 0.1) is 0 Å². The highest BCUT2D eigenvalue weighted by atomic mass is 32.2. The van der Waals surface area contributed by atoms with Crippen LogP contribution in [0.2, 0.25) is 0 Å². The molecule has 0 unspecified atom stereocenters. The van der Waals surface area contributed by atoms with Gasteiger partial charge >= 0.3 is 0 Å². The van der Waals surface area contributed by atoms with Crippen molar-refractivity contribution < 1.29 is 8.42 Å². The Morgan fingerprint density at radius 3 is 2.32 bits per heavy atom. The van der Waals surface area contributed by atoms with Crippen molar-refractivity contribution in [1.82, 2.24) is 4.72 Å². The number of benzene rings is 1. The van der Waals surface area contributed by atoms with E-state index in [1.807, 2.05) is 12.1 Å². The second-order valence-corrected chi connectivity index (χ2v) is 6.22. The van der Waals surface area contributed by atoms with Gasteiger partial charge in [0.05, 0.1) is 4.90 Å². The topological polar surface area (TPSA) is 75.4 Å². The zero-order chi connectivity index (χ0) is 14.3. The molecule has 0 aromatic heterocycles. The van der Waals surface area contributed by atoms with Gasteiger partial charge in [0.25, 0.3) is 0 Å². The molecule has 0 saturated heterocycles. The summed E-state index contributed by atoms with van der Waals surface area (Å²) in [5, 5.41) is 0. The predicted molar refractivity (Wildman–Crippen MR) is 78.9 cm³/mol. The van der Waals surface area contributed by atoms with E-state index in [1.165, 1.54) is 7.05 Å². The second kappa shape index (κ2) is 7.47. The van der Waals surface area contributed by atoms with E-state index in [-0.39, 0.29) is 4.90 Å². The summed E-state index contributed by atoms with van der Waals surface area (Å²) in [5.74, 6) is 0. The van der Waals surface area contributed by atoms with E-state index in [9.17, 15) is 8.42 Å².